The summed E-state index contributed by atoms with van der Waals surface area (Å²) in [5, 5.41) is 14.5. The van der Waals surface area contributed by atoms with Crippen molar-refractivity contribution in [1.29, 1.82) is 0 Å². The standard InChI is InChI=1S/C36H35F3N4O5/c1-7-19-15(2)22-13-27-32(29(45)14-30(46)36(37,38)39)17(4)24(41-27)11-23-16(3)20(8-9-31(47)48-6)34(42-23)21-10-28(44)33-18(5)25(43-35(21)33)12-26(19)40-22/h11-13,16,20,42,45H,7-10,14H2,1-6H3/b22-13?,23-11?,25-12?,32-29-,34-21?/t16-,20-/m0/s1. The van der Waals surface area contributed by atoms with Gasteiger partial charge in [-0.25, -0.2) is 15.0 Å². The van der Waals surface area contributed by atoms with Crippen LogP contribution in [0.2, 0.25) is 0 Å². The lowest BCUT2D eigenvalue weighted by atomic mass is 9.86. The number of aliphatic imine (C=N–C) groups is 3. The number of hydrogen-bond donors (Lipinski definition) is 2. The lowest BCUT2D eigenvalue weighted by molar-refractivity contribution is -0.170. The first-order valence-electron chi connectivity index (χ1n) is 15.8. The van der Waals surface area contributed by atoms with E-state index in [1.165, 1.54) is 7.11 Å². The molecule has 250 valence electrons. The summed E-state index contributed by atoms with van der Waals surface area (Å²) in [5.74, 6) is -3.65. The number of ether oxygens (including phenoxy) is 1. The number of fused-ring (bicyclic) bond motifs is 5. The van der Waals surface area contributed by atoms with Crippen LogP contribution in [0.25, 0.3) is 0 Å². The van der Waals surface area contributed by atoms with Crippen molar-refractivity contribution in [1.82, 2.24) is 5.32 Å². The molecular formula is C36H35F3N4O5. The number of hydrogen-bond acceptors (Lipinski definition) is 9. The van der Waals surface area contributed by atoms with Crippen LogP contribution in [-0.2, 0) is 19.1 Å². The number of esters is 1. The van der Waals surface area contributed by atoms with E-state index in [1.807, 2.05) is 33.8 Å². The van der Waals surface area contributed by atoms with Crippen LogP contribution >= 0.6 is 0 Å². The van der Waals surface area contributed by atoms with E-state index < -0.39 is 24.1 Å². The van der Waals surface area contributed by atoms with Crippen molar-refractivity contribution in [2.45, 2.75) is 72.9 Å². The summed E-state index contributed by atoms with van der Waals surface area (Å²) in [6, 6.07) is 0. The summed E-state index contributed by atoms with van der Waals surface area (Å²) < 4.78 is 44.6. The molecule has 8 bridgehead atoms. The number of aliphatic hydroxyl groups excluding tert-OH is 1. The molecule has 0 aromatic carbocycles. The van der Waals surface area contributed by atoms with E-state index in [1.54, 1.807) is 19.1 Å². The number of Topliss-reactive ketones (excluding diaryl/α,β-unsaturated/α-hetero) is 2. The van der Waals surface area contributed by atoms with E-state index in [9.17, 15) is 32.7 Å². The number of rotatable bonds is 6. The summed E-state index contributed by atoms with van der Waals surface area (Å²) in [5.41, 5.74) is 8.58. The molecule has 0 spiro atoms. The van der Waals surface area contributed by atoms with E-state index in [0.29, 0.717) is 58.2 Å². The number of carbonyl (C=O) groups is 3. The SMILES string of the molecule is CCC1=C(C)C2=CC3=NC(=C(C)/C3=C(/O)CC(=O)C(F)(F)F)C=C3NC(=C4CC(=O)C5=C(C)C(=CC1=N2)N=C45)[C@@H](CCC(=O)OC)[C@@H]3C. The van der Waals surface area contributed by atoms with Crippen molar-refractivity contribution in [3.8, 4) is 0 Å². The van der Waals surface area contributed by atoms with Gasteiger partial charge >= 0.3 is 12.1 Å². The second-order valence-corrected chi connectivity index (χ2v) is 12.6. The smallest absolute Gasteiger partial charge is 0.450 e. The highest BCUT2D eigenvalue weighted by atomic mass is 19.4. The first-order valence-corrected chi connectivity index (χ1v) is 15.8. The molecule has 0 amide bonds. The Morgan fingerprint density at radius 3 is 2.38 bits per heavy atom. The van der Waals surface area contributed by atoms with Crippen LogP contribution in [-0.4, -0.2) is 53.1 Å². The van der Waals surface area contributed by atoms with Crippen LogP contribution in [0.4, 0.5) is 13.2 Å². The Kier molecular flexibility index (Phi) is 8.25. The first-order chi connectivity index (χ1) is 22.6. The zero-order chi connectivity index (χ0) is 34.8. The zero-order valence-corrected chi connectivity index (χ0v) is 27.5. The molecular weight excluding hydrogens is 625 g/mol. The van der Waals surface area contributed by atoms with Gasteiger partial charge in [0.1, 0.15) is 5.76 Å². The third-order valence-corrected chi connectivity index (χ3v) is 9.86. The molecule has 5 aliphatic heterocycles. The van der Waals surface area contributed by atoms with Gasteiger partial charge in [0.15, 0.2) is 5.78 Å². The summed E-state index contributed by atoms with van der Waals surface area (Å²) >= 11 is 0. The molecule has 0 radical (unpaired) electrons. The molecule has 1 aliphatic carbocycles. The molecule has 2 fully saturated rings. The Bertz CT molecular complexity index is 1960. The fourth-order valence-electron chi connectivity index (χ4n) is 7.17. The topological polar surface area (TPSA) is 130 Å². The minimum Gasteiger partial charge on any atom is -0.511 e. The zero-order valence-electron chi connectivity index (χ0n) is 27.5. The molecule has 0 aromatic rings. The van der Waals surface area contributed by atoms with E-state index in [0.717, 1.165) is 28.0 Å². The molecule has 2 atom stereocenters. The average molecular weight is 661 g/mol. The molecule has 48 heavy (non-hydrogen) atoms. The van der Waals surface area contributed by atoms with Gasteiger partial charge in [-0.3, -0.25) is 14.4 Å². The molecule has 12 heteroatoms. The second kappa shape index (κ2) is 12.0. The highest BCUT2D eigenvalue weighted by Crippen LogP contribution is 2.45. The molecule has 0 unspecified atom stereocenters. The molecule has 1 saturated carbocycles. The monoisotopic (exact) mass is 660 g/mol. The Morgan fingerprint density at radius 2 is 1.71 bits per heavy atom. The lowest BCUT2D eigenvalue weighted by Crippen LogP contribution is -2.23. The maximum atomic E-state index is 13.5. The van der Waals surface area contributed by atoms with Gasteiger partial charge in [-0.05, 0) is 74.1 Å². The summed E-state index contributed by atoms with van der Waals surface area (Å²) in [7, 11) is 1.33. The summed E-state index contributed by atoms with van der Waals surface area (Å²) in [6.07, 6.45) is 0.175. The fourth-order valence-corrected chi connectivity index (χ4v) is 7.17. The number of nitrogens with one attached hydrogen (secondary N) is 1. The Labute approximate surface area is 275 Å². The van der Waals surface area contributed by atoms with Crippen LogP contribution in [0.3, 0.4) is 0 Å². The normalized spacial score (nSPS) is 24.5. The number of methoxy groups -OCH3 is 1. The third kappa shape index (κ3) is 5.46. The second-order valence-electron chi connectivity index (χ2n) is 12.6. The molecule has 9 nitrogen and oxygen atoms in total. The van der Waals surface area contributed by atoms with E-state index >= 15 is 0 Å². The van der Waals surface area contributed by atoms with E-state index in [-0.39, 0.29) is 47.7 Å². The van der Waals surface area contributed by atoms with Gasteiger partial charge in [0, 0.05) is 52.8 Å². The number of carbonyl (C=O) groups excluding carboxylic acids is 3. The quantitative estimate of drug-likeness (QED) is 0.241. The number of allylic oxidation sites excluding steroid dienone is 13. The molecule has 0 aromatic heterocycles. The summed E-state index contributed by atoms with van der Waals surface area (Å²) in [4.78, 5) is 52.2. The van der Waals surface area contributed by atoms with Crippen molar-refractivity contribution in [3.63, 3.8) is 0 Å². The predicted molar refractivity (Wildman–Crippen MR) is 174 cm³/mol. The van der Waals surface area contributed by atoms with Crippen LogP contribution < -0.4 is 5.32 Å². The molecule has 6 rings (SSSR count). The lowest BCUT2D eigenvalue weighted by Gasteiger charge is -2.17. The Hall–Kier alpha value is -4.87. The van der Waals surface area contributed by atoms with Gasteiger partial charge in [-0.2, -0.15) is 13.2 Å². The predicted octanol–water partition coefficient (Wildman–Crippen LogP) is 6.70. The third-order valence-electron chi connectivity index (χ3n) is 9.86. The Morgan fingerprint density at radius 1 is 1.02 bits per heavy atom. The number of halogens is 3. The van der Waals surface area contributed by atoms with E-state index in [2.05, 4.69) is 5.32 Å². The largest absolute Gasteiger partial charge is 0.511 e. The van der Waals surface area contributed by atoms with Crippen molar-refractivity contribution >= 4 is 34.7 Å². The maximum absolute atomic E-state index is 13.5. The van der Waals surface area contributed by atoms with Gasteiger partial charge in [0.05, 0.1) is 47.8 Å². The van der Waals surface area contributed by atoms with Gasteiger partial charge in [0.2, 0.25) is 5.78 Å². The summed E-state index contributed by atoms with van der Waals surface area (Å²) in [6.45, 7) is 9.33. The van der Waals surface area contributed by atoms with Gasteiger partial charge < -0.3 is 15.2 Å². The fraction of sp³-hybridized carbons (Fsp3) is 0.389. The molecule has 2 N–H and O–H groups in total. The minimum absolute atomic E-state index is 0.0324. The number of alkyl halides is 3. The molecule has 5 heterocycles. The minimum atomic E-state index is -5.12. The molecule has 6 aliphatic rings. The van der Waals surface area contributed by atoms with Crippen LogP contribution in [0, 0.1) is 11.8 Å². The number of ketones is 2. The first kappa shape index (κ1) is 33.0. The van der Waals surface area contributed by atoms with Crippen LogP contribution in [0.5, 0.6) is 0 Å². The van der Waals surface area contributed by atoms with Crippen LogP contribution in [0.15, 0.2) is 106 Å². The van der Waals surface area contributed by atoms with Crippen molar-refractivity contribution < 1.29 is 37.4 Å². The van der Waals surface area contributed by atoms with Gasteiger partial charge in [-0.1, -0.05) is 13.8 Å². The van der Waals surface area contributed by atoms with Gasteiger partial charge in [-0.15, -0.1) is 0 Å². The van der Waals surface area contributed by atoms with Crippen LogP contribution in [0.1, 0.15) is 66.7 Å². The molecule has 1 saturated heterocycles. The van der Waals surface area contributed by atoms with Gasteiger partial charge in [0.25, 0.3) is 0 Å². The highest BCUT2D eigenvalue weighted by molar-refractivity contribution is 6.38. The van der Waals surface area contributed by atoms with Crippen molar-refractivity contribution in [2.75, 3.05) is 7.11 Å². The number of nitrogens with zero attached hydrogens (tertiary/aromatic N) is 3. The van der Waals surface area contributed by atoms with Crippen molar-refractivity contribution in [2.24, 2.45) is 26.8 Å². The Balaban J connectivity index is 1.60. The number of aliphatic hydroxyl groups is 1. The highest BCUT2D eigenvalue weighted by Gasteiger charge is 2.43. The van der Waals surface area contributed by atoms with E-state index in [4.69, 9.17) is 19.7 Å². The van der Waals surface area contributed by atoms with Crippen molar-refractivity contribution in [3.05, 3.63) is 91.5 Å². The average Bonchev–Trinajstić information content (AvgIpc) is 3.77. The maximum Gasteiger partial charge on any atom is 0.450 e.